The molecule has 0 spiro atoms. The maximum atomic E-state index is 12.8. The number of hydrogen-bond donors (Lipinski definition) is 0. The Hall–Kier alpha value is -1.39. The maximum Gasteiger partial charge on any atom is 0.227 e. The average molecular weight is 319 g/mol. The standard InChI is InChI=1S/C19H29NO3/c1-16-4-6-17(7-5-16)14-18(21)20(10-13-22-3)15-19(2)8-11-23-12-9-19/h4-7H,8-15H2,1-3H3. The summed E-state index contributed by atoms with van der Waals surface area (Å²) in [6.07, 6.45) is 2.47. The monoisotopic (exact) mass is 319 g/mol. The molecule has 1 fully saturated rings. The Bertz CT molecular complexity index is 492. The Kier molecular flexibility index (Phi) is 6.60. The number of amides is 1. The minimum Gasteiger partial charge on any atom is -0.383 e. The first kappa shape index (κ1) is 18.0. The van der Waals surface area contributed by atoms with Gasteiger partial charge in [-0.25, -0.2) is 0 Å². The zero-order chi connectivity index (χ0) is 16.7. The van der Waals surface area contributed by atoms with Crippen LogP contribution < -0.4 is 0 Å². The summed E-state index contributed by atoms with van der Waals surface area (Å²) in [4.78, 5) is 14.7. The third-order valence-electron chi connectivity index (χ3n) is 4.67. The molecule has 23 heavy (non-hydrogen) atoms. The lowest BCUT2D eigenvalue weighted by Gasteiger charge is -2.38. The van der Waals surface area contributed by atoms with Gasteiger partial charge in [-0.15, -0.1) is 0 Å². The Morgan fingerprint density at radius 1 is 1.26 bits per heavy atom. The van der Waals surface area contributed by atoms with Crippen molar-refractivity contribution in [2.75, 3.05) is 40.0 Å². The topological polar surface area (TPSA) is 38.8 Å². The summed E-state index contributed by atoms with van der Waals surface area (Å²) in [5, 5.41) is 0. The molecule has 0 unspecified atom stereocenters. The van der Waals surface area contributed by atoms with Gasteiger partial charge in [-0.1, -0.05) is 36.8 Å². The Morgan fingerprint density at radius 3 is 2.52 bits per heavy atom. The highest BCUT2D eigenvalue weighted by atomic mass is 16.5. The lowest BCUT2D eigenvalue weighted by Crippen LogP contribution is -2.44. The second-order valence-electron chi connectivity index (χ2n) is 6.89. The highest BCUT2D eigenvalue weighted by Crippen LogP contribution is 2.30. The average Bonchev–Trinajstić information content (AvgIpc) is 2.54. The molecular weight excluding hydrogens is 290 g/mol. The molecule has 1 aromatic carbocycles. The van der Waals surface area contributed by atoms with Gasteiger partial charge in [-0.05, 0) is 30.7 Å². The van der Waals surface area contributed by atoms with Gasteiger partial charge in [0.1, 0.15) is 0 Å². The minimum atomic E-state index is 0.148. The van der Waals surface area contributed by atoms with Gasteiger partial charge in [0.25, 0.3) is 0 Å². The van der Waals surface area contributed by atoms with E-state index in [1.807, 2.05) is 17.0 Å². The summed E-state index contributed by atoms with van der Waals surface area (Å²) < 4.78 is 10.7. The molecular formula is C19H29NO3. The van der Waals surface area contributed by atoms with Crippen LogP contribution in [0, 0.1) is 12.3 Å². The number of rotatable bonds is 7. The van der Waals surface area contributed by atoms with Crippen LogP contribution in [0.25, 0.3) is 0 Å². The summed E-state index contributed by atoms with van der Waals surface area (Å²) in [6, 6.07) is 8.19. The molecule has 0 aromatic heterocycles. The molecule has 1 saturated heterocycles. The smallest absolute Gasteiger partial charge is 0.227 e. The van der Waals surface area contributed by atoms with E-state index in [1.54, 1.807) is 7.11 Å². The second kappa shape index (κ2) is 8.46. The quantitative estimate of drug-likeness (QED) is 0.776. The SMILES string of the molecule is COCCN(CC1(C)CCOCC1)C(=O)Cc1ccc(C)cc1. The van der Waals surface area contributed by atoms with E-state index in [1.165, 1.54) is 5.56 Å². The fraction of sp³-hybridized carbons (Fsp3) is 0.632. The number of carbonyl (C=O) groups is 1. The van der Waals surface area contributed by atoms with Crippen LogP contribution >= 0.6 is 0 Å². The maximum absolute atomic E-state index is 12.8. The molecule has 1 aromatic rings. The predicted molar refractivity (Wildman–Crippen MR) is 91.5 cm³/mol. The van der Waals surface area contributed by atoms with E-state index in [2.05, 4.69) is 26.0 Å². The van der Waals surface area contributed by atoms with Crippen LogP contribution in [0.4, 0.5) is 0 Å². The molecule has 0 saturated carbocycles. The van der Waals surface area contributed by atoms with Crippen molar-refractivity contribution in [1.82, 2.24) is 4.90 Å². The zero-order valence-electron chi connectivity index (χ0n) is 14.6. The van der Waals surface area contributed by atoms with Gasteiger partial charge in [0.15, 0.2) is 0 Å². The van der Waals surface area contributed by atoms with Crippen molar-refractivity contribution in [2.45, 2.75) is 33.1 Å². The molecule has 1 heterocycles. The van der Waals surface area contributed by atoms with E-state index in [9.17, 15) is 4.79 Å². The van der Waals surface area contributed by atoms with Gasteiger partial charge in [0.05, 0.1) is 13.0 Å². The van der Waals surface area contributed by atoms with E-state index in [0.29, 0.717) is 19.6 Å². The first-order valence-corrected chi connectivity index (χ1v) is 8.42. The number of hydrogen-bond acceptors (Lipinski definition) is 3. The molecule has 0 aliphatic carbocycles. The number of methoxy groups -OCH3 is 1. The van der Waals surface area contributed by atoms with Crippen LogP contribution in [0.5, 0.6) is 0 Å². The van der Waals surface area contributed by atoms with E-state index in [0.717, 1.165) is 38.2 Å². The Morgan fingerprint density at radius 2 is 1.91 bits per heavy atom. The van der Waals surface area contributed by atoms with Crippen molar-refractivity contribution in [1.29, 1.82) is 0 Å². The number of aryl methyl sites for hydroxylation is 1. The summed E-state index contributed by atoms with van der Waals surface area (Å²) in [7, 11) is 1.68. The van der Waals surface area contributed by atoms with Crippen molar-refractivity contribution < 1.29 is 14.3 Å². The van der Waals surface area contributed by atoms with Gasteiger partial charge in [0, 0.05) is 33.4 Å². The number of benzene rings is 1. The molecule has 2 rings (SSSR count). The summed E-state index contributed by atoms with van der Waals surface area (Å²) in [6.45, 7) is 7.91. The van der Waals surface area contributed by atoms with E-state index in [4.69, 9.17) is 9.47 Å². The third-order valence-corrected chi connectivity index (χ3v) is 4.67. The van der Waals surface area contributed by atoms with Crippen LogP contribution in [0.15, 0.2) is 24.3 Å². The summed E-state index contributed by atoms with van der Waals surface area (Å²) >= 11 is 0. The van der Waals surface area contributed by atoms with Gasteiger partial charge < -0.3 is 14.4 Å². The lowest BCUT2D eigenvalue weighted by molar-refractivity contribution is -0.133. The summed E-state index contributed by atoms with van der Waals surface area (Å²) in [5.74, 6) is 0.179. The van der Waals surface area contributed by atoms with Crippen LogP contribution in [-0.4, -0.2) is 50.8 Å². The predicted octanol–water partition coefficient (Wildman–Crippen LogP) is 2.83. The van der Waals surface area contributed by atoms with Gasteiger partial charge in [0.2, 0.25) is 5.91 Å². The summed E-state index contributed by atoms with van der Waals surface area (Å²) in [5.41, 5.74) is 2.43. The molecule has 0 N–H and O–H groups in total. The first-order chi connectivity index (χ1) is 11.0. The van der Waals surface area contributed by atoms with Gasteiger partial charge >= 0.3 is 0 Å². The van der Waals surface area contributed by atoms with E-state index in [-0.39, 0.29) is 11.3 Å². The number of carbonyl (C=O) groups excluding carboxylic acids is 1. The van der Waals surface area contributed by atoms with Crippen molar-refractivity contribution in [2.24, 2.45) is 5.41 Å². The highest BCUT2D eigenvalue weighted by molar-refractivity contribution is 5.78. The largest absolute Gasteiger partial charge is 0.383 e. The third kappa shape index (κ3) is 5.63. The normalized spacial score (nSPS) is 17.0. The van der Waals surface area contributed by atoms with Crippen molar-refractivity contribution in [3.05, 3.63) is 35.4 Å². The van der Waals surface area contributed by atoms with Crippen LogP contribution in [0.1, 0.15) is 30.9 Å². The number of ether oxygens (including phenoxy) is 2. The zero-order valence-corrected chi connectivity index (χ0v) is 14.6. The minimum absolute atomic E-state index is 0.148. The molecule has 4 heteroatoms. The Labute approximate surface area is 139 Å². The fourth-order valence-corrected chi connectivity index (χ4v) is 2.97. The van der Waals surface area contributed by atoms with Crippen molar-refractivity contribution in [3.63, 3.8) is 0 Å². The van der Waals surface area contributed by atoms with Crippen LogP contribution in [0.3, 0.4) is 0 Å². The molecule has 0 radical (unpaired) electrons. The van der Waals surface area contributed by atoms with Crippen molar-refractivity contribution in [3.8, 4) is 0 Å². The molecule has 128 valence electrons. The molecule has 0 bridgehead atoms. The molecule has 1 aliphatic heterocycles. The second-order valence-corrected chi connectivity index (χ2v) is 6.89. The fourth-order valence-electron chi connectivity index (χ4n) is 2.97. The van der Waals surface area contributed by atoms with Gasteiger partial charge in [-0.3, -0.25) is 4.79 Å². The number of nitrogens with zero attached hydrogens (tertiary/aromatic N) is 1. The highest BCUT2D eigenvalue weighted by Gasteiger charge is 2.31. The lowest BCUT2D eigenvalue weighted by atomic mass is 9.82. The molecule has 1 aliphatic rings. The van der Waals surface area contributed by atoms with E-state index < -0.39 is 0 Å². The van der Waals surface area contributed by atoms with Crippen LogP contribution in [0.2, 0.25) is 0 Å². The Balaban J connectivity index is 2.00. The van der Waals surface area contributed by atoms with Gasteiger partial charge in [-0.2, -0.15) is 0 Å². The molecule has 1 amide bonds. The molecule has 4 nitrogen and oxygen atoms in total. The molecule has 0 atom stereocenters. The van der Waals surface area contributed by atoms with Crippen LogP contribution in [-0.2, 0) is 20.7 Å². The first-order valence-electron chi connectivity index (χ1n) is 8.42. The van der Waals surface area contributed by atoms with E-state index >= 15 is 0 Å². The van der Waals surface area contributed by atoms with Crippen molar-refractivity contribution >= 4 is 5.91 Å².